The predicted molar refractivity (Wildman–Crippen MR) is 101 cm³/mol. The van der Waals surface area contributed by atoms with E-state index in [1.807, 2.05) is 60.5 Å². The topological polar surface area (TPSA) is 29.5 Å². The number of nitrogens with zero attached hydrogens (tertiary/aromatic N) is 1. The second kappa shape index (κ2) is 8.39. The van der Waals surface area contributed by atoms with Crippen molar-refractivity contribution in [3.05, 3.63) is 64.7 Å². The molecular weight excluding hydrogens is 334 g/mol. The van der Waals surface area contributed by atoms with Crippen molar-refractivity contribution in [2.75, 3.05) is 7.05 Å². The molecule has 0 radical (unpaired) electrons. The van der Waals surface area contributed by atoms with Gasteiger partial charge in [0.2, 0.25) is 0 Å². The number of hydrogen-bond donors (Lipinski definition) is 0. The normalized spacial score (nSPS) is 15.0. The van der Waals surface area contributed by atoms with Gasteiger partial charge < -0.3 is 9.64 Å². The van der Waals surface area contributed by atoms with Crippen molar-refractivity contribution in [3.8, 4) is 5.75 Å². The summed E-state index contributed by atoms with van der Waals surface area (Å²) < 4.78 is 5.78. The fourth-order valence-corrected chi connectivity index (χ4v) is 3.50. The van der Waals surface area contributed by atoms with E-state index in [-0.39, 0.29) is 5.91 Å². The number of carbonyl (C=O) groups excluding carboxylic acids is 1. The van der Waals surface area contributed by atoms with Crippen LogP contribution in [0.3, 0.4) is 0 Å². The summed E-state index contributed by atoms with van der Waals surface area (Å²) in [6.07, 6.45) is 5.95. The Morgan fingerprint density at radius 3 is 2.44 bits per heavy atom. The number of halogens is 1. The Morgan fingerprint density at radius 2 is 1.76 bits per heavy atom. The first-order valence-corrected chi connectivity index (χ1v) is 9.26. The summed E-state index contributed by atoms with van der Waals surface area (Å²) >= 11 is 6.14. The third-order valence-corrected chi connectivity index (χ3v) is 5.26. The van der Waals surface area contributed by atoms with E-state index in [0.29, 0.717) is 23.2 Å². The van der Waals surface area contributed by atoms with Crippen LogP contribution in [0.2, 0.25) is 5.02 Å². The maximum absolute atomic E-state index is 12.6. The lowest BCUT2D eigenvalue weighted by Crippen LogP contribution is -2.38. The number of ether oxygens (including phenoxy) is 1. The molecule has 4 heteroatoms. The zero-order valence-electron chi connectivity index (χ0n) is 14.6. The average molecular weight is 358 g/mol. The van der Waals surface area contributed by atoms with E-state index in [4.69, 9.17) is 16.3 Å². The summed E-state index contributed by atoms with van der Waals surface area (Å²) in [5.74, 6) is 0.821. The number of hydrogen-bond acceptors (Lipinski definition) is 2. The summed E-state index contributed by atoms with van der Waals surface area (Å²) in [5.41, 5.74) is 1.65. The Kier molecular flexibility index (Phi) is 5.98. The molecule has 0 N–H and O–H groups in total. The van der Waals surface area contributed by atoms with Gasteiger partial charge in [0.15, 0.2) is 0 Å². The molecule has 0 saturated heterocycles. The van der Waals surface area contributed by atoms with Crippen LogP contribution < -0.4 is 4.74 Å². The molecule has 2 aromatic rings. The molecule has 3 rings (SSSR count). The van der Waals surface area contributed by atoms with Gasteiger partial charge in [0.05, 0.1) is 0 Å². The molecule has 1 amide bonds. The van der Waals surface area contributed by atoms with E-state index in [2.05, 4.69) is 0 Å². The van der Waals surface area contributed by atoms with E-state index < -0.39 is 0 Å². The highest BCUT2D eigenvalue weighted by Crippen LogP contribution is 2.24. The van der Waals surface area contributed by atoms with Crippen LogP contribution in [0.5, 0.6) is 5.75 Å². The molecule has 1 aliphatic carbocycles. The second-order valence-corrected chi connectivity index (χ2v) is 7.02. The molecule has 0 aromatic heterocycles. The maximum Gasteiger partial charge on any atom is 0.253 e. The van der Waals surface area contributed by atoms with Crippen LogP contribution in [0, 0.1) is 0 Å². The van der Waals surface area contributed by atoms with E-state index in [0.717, 1.165) is 24.2 Å². The van der Waals surface area contributed by atoms with Gasteiger partial charge in [0, 0.05) is 29.2 Å². The van der Waals surface area contributed by atoms with Crippen molar-refractivity contribution in [2.24, 2.45) is 0 Å². The molecule has 0 spiro atoms. The lowest BCUT2D eigenvalue weighted by atomic mass is 9.94. The molecule has 25 heavy (non-hydrogen) atoms. The quantitative estimate of drug-likeness (QED) is 0.724. The second-order valence-electron chi connectivity index (χ2n) is 6.61. The van der Waals surface area contributed by atoms with Crippen molar-refractivity contribution in [2.45, 2.75) is 44.8 Å². The molecule has 0 bridgehead atoms. The van der Waals surface area contributed by atoms with Crippen molar-refractivity contribution in [1.29, 1.82) is 0 Å². The van der Waals surface area contributed by atoms with Gasteiger partial charge in [0.1, 0.15) is 12.4 Å². The smallest absolute Gasteiger partial charge is 0.253 e. The Hall–Kier alpha value is -2.00. The summed E-state index contributed by atoms with van der Waals surface area (Å²) in [7, 11) is 1.92. The van der Waals surface area contributed by atoms with Crippen molar-refractivity contribution in [1.82, 2.24) is 4.90 Å². The molecule has 132 valence electrons. The molecule has 2 aromatic carbocycles. The lowest BCUT2D eigenvalue weighted by molar-refractivity contribution is 0.0696. The van der Waals surface area contributed by atoms with Gasteiger partial charge in [-0.05, 0) is 43.2 Å². The molecule has 1 saturated carbocycles. The molecule has 0 atom stereocenters. The van der Waals surface area contributed by atoms with Gasteiger partial charge in [-0.15, -0.1) is 0 Å². The molecule has 1 aliphatic rings. The van der Waals surface area contributed by atoms with Crippen molar-refractivity contribution in [3.63, 3.8) is 0 Å². The standard InChI is InChI=1S/C21H24ClNO2/c1-23(18-8-3-2-4-9-18)21(24)16-11-13-19(14-12-16)25-15-17-7-5-6-10-20(17)22/h5-7,10-14,18H,2-4,8-9,15H2,1H3. The van der Waals surface area contributed by atoms with Crippen molar-refractivity contribution < 1.29 is 9.53 Å². The van der Waals surface area contributed by atoms with Crippen LogP contribution in [0.25, 0.3) is 0 Å². The first-order valence-electron chi connectivity index (χ1n) is 8.88. The molecule has 0 unspecified atom stereocenters. The van der Waals surface area contributed by atoms with Crippen LogP contribution in [0.4, 0.5) is 0 Å². The molecule has 0 aliphatic heterocycles. The van der Waals surface area contributed by atoms with E-state index in [9.17, 15) is 4.79 Å². The minimum Gasteiger partial charge on any atom is -0.489 e. The molecule has 1 fully saturated rings. The van der Waals surface area contributed by atoms with Crippen LogP contribution in [0.1, 0.15) is 48.0 Å². The van der Waals surface area contributed by atoms with Crippen LogP contribution in [-0.4, -0.2) is 23.9 Å². The van der Waals surface area contributed by atoms with E-state index in [1.54, 1.807) is 0 Å². The predicted octanol–water partition coefficient (Wildman–Crippen LogP) is 5.32. The summed E-state index contributed by atoms with van der Waals surface area (Å²) in [4.78, 5) is 14.5. The van der Waals surface area contributed by atoms with Gasteiger partial charge in [-0.3, -0.25) is 4.79 Å². The number of carbonyl (C=O) groups is 1. The summed E-state index contributed by atoms with van der Waals surface area (Å²) in [6, 6.07) is 15.4. The fourth-order valence-electron chi connectivity index (χ4n) is 3.31. The zero-order valence-corrected chi connectivity index (χ0v) is 15.3. The largest absolute Gasteiger partial charge is 0.489 e. The minimum absolute atomic E-state index is 0.0875. The zero-order chi connectivity index (χ0) is 17.6. The fraction of sp³-hybridized carbons (Fsp3) is 0.381. The summed E-state index contributed by atoms with van der Waals surface area (Å²) in [6.45, 7) is 0.412. The van der Waals surface area contributed by atoms with Crippen molar-refractivity contribution >= 4 is 17.5 Å². The Morgan fingerprint density at radius 1 is 1.08 bits per heavy atom. The number of benzene rings is 2. The minimum atomic E-state index is 0.0875. The van der Waals surface area contributed by atoms with Gasteiger partial charge in [-0.2, -0.15) is 0 Å². The molecule has 3 nitrogen and oxygen atoms in total. The van der Waals surface area contributed by atoms with Crippen LogP contribution in [0.15, 0.2) is 48.5 Å². The Labute approximate surface area is 154 Å². The average Bonchev–Trinajstić information content (AvgIpc) is 2.67. The number of rotatable bonds is 5. The highest BCUT2D eigenvalue weighted by molar-refractivity contribution is 6.31. The van der Waals surface area contributed by atoms with Crippen LogP contribution >= 0.6 is 11.6 Å². The first kappa shape index (κ1) is 17.8. The SMILES string of the molecule is CN(C(=O)c1ccc(OCc2ccccc2Cl)cc1)C1CCCCC1. The van der Waals surface area contributed by atoms with Crippen LogP contribution in [-0.2, 0) is 6.61 Å². The third kappa shape index (κ3) is 4.55. The molecule has 0 heterocycles. The number of amides is 1. The van der Waals surface area contributed by atoms with Gasteiger partial charge >= 0.3 is 0 Å². The third-order valence-electron chi connectivity index (χ3n) is 4.90. The highest BCUT2D eigenvalue weighted by Gasteiger charge is 2.22. The summed E-state index contributed by atoms with van der Waals surface area (Å²) in [5, 5.41) is 0.698. The van der Waals surface area contributed by atoms with Gasteiger partial charge in [-0.1, -0.05) is 49.1 Å². The Balaban J connectivity index is 1.59. The van der Waals surface area contributed by atoms with E-state index in [1.165, 1.54) is 19.3 Å². The molecular formula is C21H24ClNO2. The lowest BCUT2D eigenvalue weighted by Gasteiger charge is -2.31. The van der Waals surface area contributed by atoms with Gasteiger partial charge in [0.25, 0.3) is 5.91 Å². The first-order chi connectivity index (χ1) is 12.1. The maximum atomic E-state index is 12.6. The highest BCUT2D eigenvalue weighted by atomic mass is 35.5. The Bertz CT molecular complexity index is 708. The monoisotopic (exact) mass is 357 g/mol. The van der Waals surface area contributed by atoms with Gasteiger partial charge in [-0.25, -0.2) is 0 Å². The van der Waals surface area contributed by atoms with E-state index >= 15 is 0 Å².